The molecule has 0 fully saturated rings. The van der Waals surface area contributed by atoms with Gasteiger partial charge < -0.3 is 10.1 Å². The molecule has 1 N–H and O–H groups in total. The standard InChI is InChI=1S/C15H13ClN2O3S/c1-10(15(20)18-12-5-2-8-17-14(12)16)21-13(19)7-6-11-4-3-9-22-11/h2-10H,1H3,(H,18,20)/b7-6+/t10-/m1/s1. The lowest BCUT2D eigenvalue weighted by molar-refractivity contribution is -0.148. The average Bonchev–Trinajstić information content (AvgIpc) is 3.00. The predicted octanol–water partition coefficient (Wildman–Crippen LogP) is 3.38. The molecular formula is C15H13ClN2O3S. The molecule has 0 saturated heterocycles. The molecule has 2 aromatic heterocycles. The second kappa shape index (κ2) is 7.72. The second-order valence-corrected chi connectivity index (χ2v) is 5.60. The summed E-state index contributed by atoms with van der Waals surface area (Å²) < 4.78 is 5.03. The summed E-state index contributed by atoms with van der Waals surface area (Å²) in [4.78, 5) is 28.4. The largest absolute Gasteiger partial charge is 0.449 e. The highest BCUT2D eigenvalue weighted by molar-refractivity contribution is 7.10. The molecule has 5 nitrogen and oxygen atoms in total. The van der Waals surface area contributed by atoms with Gasteiger partial charge in [-0.15, -0.1) is 11.3 Å². The van der Waals surface area contributed by atoms with Crippen molar-refractivity contribution in [1.29, 1.82) is 0 Å². The number of ether oxygens (including phenoxy) is 1. The molecule has 7 heteroatoms. The zero-order valence-electron chi connectivity index (χ0n) is 11.7. The lowest BCUT2D eigenvalue weighted by Crippen LogP contribution is -2.29. The lowest BCUT2D eigenvalue weighted by Gasteiger charge is -2.12. The Bertz CT molecular complexity index is 686. The molecule has 114 valence electrons. The number of pyridine rings is 1. The molecule has 1 atom stereocenters. The van der Waals surface area contributed by atoms with Gasteiger partial charge in [0.1, 0.15) is 0 Å². The van der Waals surface area contributed by atoms with E-state index in [1.807, 2.05) is 17.5 Å². The van der Waals surface area contributed by atoms with Gasteiger partial charge in [0, 0.05) is 17.2 Å². The fourth-order valence-corrected chi connectivity index (χ4v) is 2.30. The number of rotatable bonds is 5. The third-order valence-electron chi connectivity index (χ3n) is 2.61. The van der Waals surface area contributed by atoms with Gasteiger partial charge in [-0.3, -0.25) is 4.79 Å². The molecule has 2 aromatic rings. The van der Waals surface area contributed by atoms with Crippen LogP contribution in [-0.2, 0) is 14.3 Å². The van der Waals surface area contributed by atoms with Crippen LogP contribution in [0.1, 0.15) is 11.8 Å². The van der Waals surface area contributed by atoms with Crippen molar-refractivity contribution in [2.24, 2.45) is 0 Å². The van der Waals surface area contributed by atoms with Crippen molar-refractivity contribution < 1.29 is 14.3 Å². The van der Waals surface area contributed by atoms with Gasteiger partial charge in [-0.05, 0) is 36.6 Å². The normalized spacial score (nSPS) is 12.1. The van der Waals surface area contributed by atoms with Crippen LogP contribution in [0.5, 0.6) is 0 Å². The lowest BCUT2D eigenvalue weighted by atomic mass is 10.3. The predicted molar refractivity (Wildman–Crippen MR) is 86.8 cm³/mol. The molecule has 0 aliphatic carbocycles. The van der Waals surface area contributed by atoms with Crippen LogP contribution in [0, 0.1) is 0 Å². The van der Waals surface area contributed by atoms with Crippen molar-refractivity contribution in [2.45, 2.75) is 13.0 Å². The van der Waals surface area contributed by atoms with Crippen molar-refractivity contribution in [2.75, 3.05) is 5.32 Å². The third-order valence-corrected chi connectivity index (χ3v) is 3.74. The van der Waals surface area contributed by atoms with Gasteiger partial charge in [0.2, 0.25) is 0 Å². The van der Waals surface area contributed by atoms with E-state index < -0.39 is 18.0 Å². The van der Waals surface area contributed by atoms with Gasteiger partial charge >= 0.3 is 5.97 Å². The summed E-state index contributed by atoms with van der Waals surface area (Å²) in [5, 5.41) is 4.63. The van der Waals surface area contributed by atoms with Crippen LogP contribution in [0.4, 0.5) is 5.69 Å². The molecular weight excluding hydrogens is 324 g/mol. The van der Waals surface area contributed by atoms with Crippen molar-refractivity contribution in [3.8, 4) is 0 Å². The number of aromatic nitrogens is 1. The summed E-state index contributed by atoms with van der Waals surface area (Å²) in [6.07, 6.45) is 3.48. The van der Waals surface area contributed by atoms with Crippen LogP contribution in [0.2, 0.25) is 5.15 Å². The number of halogens is 1. The first-order valence-electron chi connectivity index (χ1n) is 6.40. The van der Waals surface area contributed by atoms with E-state index in [2.05, 4.69) is 10.3 Å². The molecule has 0 radical (unpaired) electrons. The Morgan fingerprint density at radius 3 is 2.91 bits per heavy atom. The Balaban J connectivity index is 1.88. The van der Waals surface area contributed by atoms with Gasteiger partial charge in [0.05, 0.1) is 5.69 Å². The number of thiophene rings is 1. The van der Waals surface area contributed by atoms with Crippen molar-refractivity contribution >= 4 is 46.6 Å². The highest BCUT2D eigenvalue weighted by Gasteiger charge is 2.17. The summed E-state index contributed by atoms with van der Waals surface area (Å²) in [6, 6.07) is 7.00. The van der Waals surface area contributed by atoms with Crippen LogP contribution in [0.15, 0.2) is 41.9 Å². The number of nitrogens with zero attached hydrogens (tertiary/aromatic N) is 1. The zero-order valence-corrected chi connectivity index (χ0v) is 13.2. The first-order chi connectivity index (χ1) is 10.6. The summed E-state index contributed by atoms with van der Waals surface area (Å²) in [7, 11) is 0. The van der Waals surface area contributed by atoms with E-state index in [-0.39, 0.29) is 5.15 Å². The topological polar surface area (TPSA) is 68.3 Å². The first kappa shape index (κ1) is 16.2. The molecule has 0 saturated carbocycles. The molecule has 22 heavy (non-hydrogen) atoms. The van der Waals surface area contributed by atoms with E-state index in [0.717, 1.165) is 4.88 Å². The number of carbonyl (C=O) groups excluding carboxylic acids is 2. The molecule has 0 aromatic carbocycles. The van der Waals surface area contributed by atoms with Gasteiger partial charge in [0.25, 0.3) is 5.91 Å². The number of esters is 1. The maximum Gasteiger partial charge on any atom is 0.331 e. The van der Waals surface area contributed by atoms with Crippen LogP contribution in [0.25, 0.3) is 6.08 Å². The highest BCUT2D eigenvalue weighted by Crippen LogP contribution is 2.17. The van der Waals surface area contributed by atoms with Crippen molar-refractivity contribution in [1.82, 2.24) is 4.98 Å². The molecule has 0 aliphatic rings. The quantitative estimate of drug-likeness (QED) is 0.516. The Kier molecular flexibility index (Phi) is 5.68. The summed E-state index contributed by atoms with van der Waals surface area (Å²) in [5.41, 5.74) is 0.367. The minimum absolute atomic E-state index is 0.173. The number of hydrogen-bond donors (Lipinski definition) is 1. The average molecular weight is 337 g/mol. The van der Waals surface area contributed by atoms with E-state index in [1.54, 1.807) is 18.2 Å². The fraction of sp³-hybridized carbons (Fsp3) is 0.133. The van der Waals surface area contributed by atoms with Crippen molar-refractivity contribution in [3.63, 3.8) is 0 Å². The van der Waals surface area contributed by atoms with E-state index in [9.17, 15) is 9.59 Å². The Morgan fingerprint density at radius 2 is 2.23 bits per heavy atom. The first-order valence-corrected chi connectivity index (χ1v) is 7.65. The Labute approximate surface area is 136 Å². The van der Waals surface area contributed by atoms with Crippen LogP contribution in [0.3, 0.4) is 0 Å². The molecule has 0 unspecified atom stereocenters. The third kappa shape index (κ3) is 4.68. The molecule has 2 heterocycles. The zero-order chi connectivity index (χ0) is 15.9. The smallest absolute Gasteiger partial charge is 0.331 e. The SMILES string of the molecule is C[C@@H](OC(=O)/C=C/c1cccs1)C(=O)Nc1cccnc1Cl. The number of amides is 1. The molecule has 0 spiro atoms. The second-order valence-electron chi connectivity index (χ2n) is 4.26. The summed E-state index contributed by atoms with van der Waals surface area (Å²) in [5.74, 6) is -1.07. The van der Waals surface area contributed by atoms with Crippen molar-refractivity contribution in [3.05, 3.63) is 51.9 Å². The number of carbonyl (C=O) groups is 2. The molecule has 0 bridgehead atoms. The van der Waals surface area contributed by atoms with E-state index >= 15 is 0 Å². The molecule has 0 aliphatic heterocycles. The number of hydrogen-bond acceptors (Lipinski definition) is 5. The van der Waals surface area contributed by atoms with Gasteiger partial charge in [-0.1, -0.05) is 17.7 Å². The number of anilines is 1. The van der Waals surface area contributed by atoms with Gasteiger partial charge in [-0.2, -0.15) is 0 Å². The minimum Gasteiger partial charge on any atom is -0.449 e. The number of nitrogens with one attached hydrogen (secondary N) is 1. The fourth-order valence-electron chi connectivity index (χ4n) is 1.52. The summed E-state index contributed by atoms with van der Waals surface area (Å²) >= 11 is 7.34. The maximum absolute atomic E-state index is 11.9. The van der Waals surface area contributed by atoms with Crippen LogP contribution in [-0.4, -0.2) is 23.0 Å². The van der Waals surface area contributed by atoms with E-state index in [4.69, 9.17) is 16.3 Å². The van der Waals surface area contributed by atoms with Gasteiger partial charge in [0.15, 0.2) is 11.3 Å². The van der Waals surface area contributed by atoms with E-state index in [1.165, 1.54) is 30.5 Å². The Morgan fingerprint density at radius 1 is 1.41 bits per heavy atom. The van der Waals surface area contributed by atoms with Gasteiger partial charge in [-0.25, -0.2) is 9.78 Å². The summed E-state index contributed by atoms with van der Waals surface area (Å²) in [6.45, 7) is 1.48. The Hall–Kier alpha value is -2.18. The highest BCUT2D eigenvalue weighted by atomic mass is 35.5. The minimum atomic E-state index is -0.947. The van der Waals surface area contributed by atoms with E-state index in [0.29, 0.717) is 5.69 Å². The molecule has 2 rings (SSSR count). The molecule has 1 amide bonds. The monoisotopic (exact) mass is 336 g/mol. The van der Waals surface area contributed by atoms with Crippen LogP contribution < -0.4 is 5.32 Å². The van der Waals surface area contributed by atoms with Crippen LogP contribution >= 0.6 is 22.9 Å². The maximum atomic E-state index is 11.9.